The largest absolute Gasteiger partial charge is 0.325 e. The third-order valence-corrected chi connectivity index (χ3v) is 8.26. The van der Waals surface area contributed by atoms with E-state index in [0.29, 0.717) is 5.69 Å². The Hall–Kier alpha value is -3.20. The quantitative estimate of drug-likeness (QED) is 0.314. The van der Waals surface area contributed by atoms with Gasteiger partial charge in [-0.3, -0.25) is 4.79 Å². The van der Waals surface area contributed by atoms with Gasteiger partial charge in [0.1, 0.15) is 5.03 Å². The van der Waals surface area contributed by atoms with E-state index in [1.165, 1.54) is 29.5 Å². The van der Waals surface area contributed by atoms with Crippen LogP contribution in [0.5, 0.6) is 0 Å². The maximum atomic E-state index is 12.6. The van der Waals surface area contributed by atoms with Crippen molar-refractivity contribution in [2.75, 3.05) is 11.1 Å². The van der Waals surface area contributed by atoms with E-state index in [0.717, 1.165) is 32.6 Å². The Morgan fingerprint density at radius 2 is 1.63 bits per heavy atom. The van der Waals surface area contributed by atoms with E-state index < -0.39 is 10.0 Å². The monoisotopic (exact) mass is 505 g/mol. The van der Waals surface area contributed by atoms with Crippen molar-refractivity contribution >= 4 is 44.3 Å². The molecule has 0 unspecified atom stereocenters. The van der Waals surface area contributed by atoms with E-state index in [2.05, 4.69) is 42.1 Å². The van der Waals surface area contributed by atoms with Crippen molar-refractivity contribution in [2.45, 2.75) is 37.2 Å². The summed E-state index contributed by atoms with van der Waals surface area (Å²) in [6.45, 7) is 6.32. The molecule has 0 aliphatic carbocycles. The van der Waals surface area contributed by atoms with Crippen LogP contribution in [0.3, 0.4) is 0 Å². The number of aromatic nitrogens is 1. The van der Waals surface area contributed by atoms with Gasteiger partial charge in [0.2, 0.25) is 15.9 Å². The van der Waals surface area contributed by atoms with Crippen LogP contribution in [-0.4, -0.2) is 25.1 Å². The first-order valence-corrected chi connectivity index (χ1v) is 13.6. The fraction of sp³-hybridized carbons (Fsp3) is 0.185. The molecule has 0 aliphatic heterocycles. The predicted molar refractivity (Wildman–Crippen MR) is 142 cm³/mol. The highest BCUT2D eigenvalue weighted by Gasteiger charge is 2.14. The minimum atomic E-state index is -3.65. The Balaban J connectivity index is 1.36. The Morgan fingerprint density at radius 3 is 2.34 bits per heavy atom. The van der Waals surface area contributed by atoms with Gasteiger partial charge in [0.05, 0.1) is 16.2 Å². The number of rotatable bonds is 8. The number of carbonyl (C=O) groups excluding carboxylic acids is 1. The Labute approximate surface area is 210 Å². The summed E-state index contributed by atoms with van der Waals surface area (Å²) in [5, 5.41) is 4.74. The van der Waals surface area contributed by atoms with Gasteiger partial charge in [0.15, 0.2) is 0 Å². The molecule has 0 atom stereocenters. The second-order valence-electron chi connectivity index (χ2n) is 8.36. The zero-order valence-electron chi connectivity index (χ0n) is 19.8. The fourth-order valence-corrected chi connectivity index (χ4v) is 5.42. The highest BCUT2D eigenvalue weighted by molar-refractivity contribution is 8.00. The number of fused-ring (bicyclic) bond motifs is 1. The van der Waals surface area contributed by atoms with E-state index in [1.54, 1.807) is 12.1 Å². The molecule has 0 bridgehead atoms. The number of benzene rings is 3. The lowest BCUT2D eigenvalue weighted by atomic mass is 10.0. The summed E-state index contributed by atoms with van der Waals surface area (Å²) < 4.78 is 27.7. The van der Waals surface area contributed by atoms with Crippen LogP contribution in [0.1, 0.15) is 22.3 Å². The lowest BCUT2D eigenvalue weighted by Gasteiger charge is -2.11. The molecule has 0 saturated heterocycles. The molecule has 4 rings (SSSR count). The topological polar surface area (TPSA) is 88.2 Å². The van der Waals surface area contributed by atoms with Crippen molar-refractivity contribution in [1.82, 2.24) is 9.71 Å². The molecular formula is C27H27N3O3S2. The number of pyridine rings is 1. The van der Waals surface area contributed by atoms with Crippen molar-refractivity contribution in [3.05, 3.63) is 95.1 Å². The number of nitrogens with zero attached hydrogens (tertiary/aromatic N) is 1. The summed E-state index contributed by atoms with van der Waals surface area (Å²) >= 11 is 1.39. The molecule has 3 aromatic carbocycles. The molecule has 35 heavy (non-hydrogen) atoms. The minimum Gasteiger partial charge on any atom is -0.325 e. The lowest BCUT2D eigenvalue weighted by molar-refractivity contribution is -0.113. The fourth-order valence-electron chi connectivity index (χ4n) is 3.62. The van der Waals surface area contributed by atoms with E-state index in [-0.39, 0.29) is 23.1 Å². The zero-order chi connectivity index (χ0) is 25.0. The van der Waals surface area contributed by atoms with Crippen molar-refractivity contribution < 1.29 is 13.2 Å². The number of carbonyl (C=O) groups is 1. The molecule has 1 amide bonds. The second kappa shape index (κ2) is 10.6. The van der Waals surface area contributed by atoms with Gasteiger partial charge in [-0.25, -0.2) is 18.1 Å². The Kier molecular flexibility index (Phi) is 7.54. The number of sulfonamides is 1. The summed E-state index contributed by atoms with van der Waals surface area (Å²) in [5.41, 5.74) is 5.71. The van der Waals surface area contributed by atoms with Gasteiger partial charge in [-0.1, -0.05) is 54.2 Å². The first-order valence-electron chi connectivity index (χ1n) is 11.2. The smallest absolute Gasteiger partial charge is 0.240 e. The molecule has 8 heteroatoms. The molecule has 0 aliphatic rings. The minimum absolute atomic E-state index is 0.141. The highest BCUT2D eigenvalue weighted by Crippen LogP contribution is 2.27. The predicted octanol–water partition coefficient (Wildman–Crippen LogP) is 5.37. The third kappa shape index (κ3) is 6.08. The molecule has 0 fully saturated rings. The third-order valence-electron chi connectivity index (χ3n) is 5.75. The van der Waals surface area contributed by atoms with Gasteiger partial charge in [-0.05, 0) is 73.4 Å². The Morgan fingerprint density at radius 1 is 0.914 bits per heavy atom. The highest BCUT2D eigenvalue weighted by atomic mass is 32.2. The van der Waals surface area contributed by atoms with Gasteiger partial charge in [0, 0.05) is 17.6 Å². The van der Waals surface area contributed by atoms with Crippen molar-refractivity contribution in [2.24, 2.45) is 0 Å². The van der Waals surface area contributed by atoms with E-state index >= 15 is 0 Å². The van der Waals surface area contributed by atoms with E-state index in [9.17, 15) is 13.2 Å². The number of hydrogen-bond donors (Lipinski definition) is 2. The normalized spacial score (nSPS) is 11.5. The molecule has 0 radical (unpaired) electrons. The Bertz CT molecular complexity index is 1470. The summed E-state index contributed by atoms with van der Waals surface area (Å²) in [6, 6.07) is 21.7. The van der Waals surface area contributed by atoms with Gasteiger partial charge >= 0.3 is 0 Å². The van der Waals surface area contributed by atoms with Crippen LogP contribution in [-0.2, 0) is 21.4 Å². The van der Waals surface area contributed by atoms with Crippen LogP contribution in [0, 0.1) is 20.8 Å². The van der Waals surface area contributed by atoms with Gasteiger partial charge in [0.25, 0.3) is 0 Å². The van der Waals surface area contributed by atoms with Crippen LogP contribution in [0.4, 0.5) is 5.69 Å². The van der Waals surface area contributed by atoms with Crippen LogP contribution < -0.4 is 10.0 Å². The number of amides is 1. The molecular weight excluding hydrogens is 478 g/mol. The number of aryl methyl sites for hydroxylation is 3. The summed E-state index contributed by atoms with van der Waals surface area (Å²) in [5.74, 6) is 0.0122. The maximum Gasteiger partial charge on any atom is 0.240 e. The maximum absolute atomic E-state index is 12.6. The van der Waals surface area contributed by atoms with Crippen LogP contribution in [0.15, 0.2) is 82.7 Å². The van der Waals surface area contributed by atoms with Crippen molar-refractivity contribution in [1.29, 1.82) is 0 Å². The first kappa shape index (κ1) is 24.9. The van der Waals surface area contributed by atoms with Crippen molar-refractivity contribution in [3.63, 3.8) is 0 Å². The molecule has 0 saturated carbocycles. The number of nitrogens with one attached hydrogen (secondary N) is 2. The molecule has 1 heterocycles. The van der Waals surface area contributed by atoms with E-state index in [4.69, 9.17) is 4.98 Å². The number of anilines is 1. The van der Waals surface area contributed by atoms with Gasteiger partial charge in [-0.2, -0.15) is 0 Å². The summed E-state index contributed by atoms with van der Waals surface area (Å²) in [7, 11) is -3.65. The standard InChI is InChI=1S/C27H27N3O3S2/c1-18-9-10-22-15-19(2)27(30-26(22)20(18)3)34-17-25(31)29-23-11-13-24(14-12-23)35(32,33)28-16-21-7-5-4-6-8-21/h4-15,28H,16-17H2,1-3H3,(H,29,31). The molecule has 2 N–H and O–H groups in total. The molecule has 4 aromatic rings. The van der Waals surface area contributed by atoms with Gasteiger partial charge in [-0.15, -0.1) is 0 Å². The van der Waals surface area contributed by atoms with Crippen molar-refractivity contribution in [3.8, 4) is 0 Å². The van der Waals surface area contributed by atoms with Crippen LogP contribution in [0.2, 0.25) is 0 Å². The molecule has 1 aromatic heterocycles. The van der Waals surface area contributed by atoms with Crippen LogP contribution in [0.25, 0.3) is 10.9 Å². The average molecular weight is 506 g/mol. The molecule has 6 nitrogen and oxygen atoms in total. The summed E-state index contributed by atoms with van der Waals surface area (Å²) in [6.07, 6.45) is 0. The molecule has 180 valence electrons. The first-order chi connectivity index (χ1) is 16.7. The zero-order valence-corrected chi connectivity index (χ0v) is 21.5. The average Bonchev–Trinajstić information content (AvgIpc) is 2.85. The number of thioether (sulfide) groups is 1. The SMILES string of the molecule is Cc1cc2ccc(C)c(C)c2nc1SCC(=O)Nc1ccc(S(=O)(=O)NCc2ccccc2)cc1. The lowest BCUT2D eigenvalue weighted by Crippen LogP contribution is -2.23. The van der Waals surface area contributed by atoms with Crippen LogP contribution >= 0.6 is 11.8 Å². The number of hydrogen-bond acceptors (Lipinski definition) is 5. The summed E-state index contributed by atoms with van der Waals surface area (Å²) in [4.78, 5) is 17.5. The van der Waals surface area contributed by atoms with Gasteiger partial charge < -0.3 is 5.32 Å². The van der Waals surface area contributed by atoms with E-state index in [1.807, 2.05) is 37.3 Å². The molecule has 0 spiro atoms. The second-order valence-corrected chi connectivity index (χ2v) is 11.1.